The van der Waals surface area contributed by atoms with Crippen LogP contribution in [0.15, 0.2) is 88.6 Å². The molecule has 35 heavy (non-hydrogen) atoms. The van der Waals surface area contributed by atoms with Gasteiger partial charge in [-0.25, -0.2) is 0 Å². The molecule has 0 bridgehead atoms. The van der Waals surface area contributed by atoms with Gasteiger partial charge in [-0.1, -0.05) is 98.5 Å². The minimum atomic E-state index is 0.874. The van der Waals surface area contributed by atoms with E-state index < -0.39 is 0 Å². The van der Waals surface area contributed by atoms with Crippen molar-refractivity contribution >= 4 is 5.71 Å². The van der Waals surface area contributed by atoms with Gasteiger partial charge in [-0.15, -0.1) is 6.58 Å². The Labute approximate surface area is 218 Å². The summed E-state index contributed by atoms with van der Waals surface area (Å²) in [5.41, 5.74) is 9.89. The molecule has 1 aromatic rings. The number of benzene rings is 1. The van der Waals surface area contributed by atoms with E-state index in [0.717, 1.165) is 37.0 Å². The van der Waals surface area contributed by atoms with E-state index in [2.05, 4.69) is 102 Å². The smallest absolute Gasteiger partial charge is 0.0601 e. The van der Waals surface area contributed by atoms with Gasteiger partial charge in [-0.05, 0) is 96.8 Å². The minimum Gasteiger partial charge on any atom is -0.323 e. The number of nitrogens with two attached hydrogens (primary N) is 1. The van der Waals surface area contributed by atoms with Crippen molar-refractivity contribution in [1.29, 1.82) is 0 Å². The zero-order valence-electron chi connectivity index (χ0n) is 24.4. The van der Waals surface area contributed by atoms with Gasteiger partial charge in [0.25, 0.3) is 0 Å². The molecule has 0 amide bonds. The lowest BCUT2D eigenvalue weighted by atomic mass is 9.95. The third-order valence-corrected chi connectivity index (χ3v) is 6.04. The van der Waals surface area contributed by atoms with Crippen molar-refractivity contribution in [1.82, 2.24) is 0 Å². The molecule has 2 N–H and O–H groups in total. The molecule has 0 fully saturated rings. The number of hydrogen-bond acceptors (Lipinski definition) is 2. The van der Waals surface area contributed by atoms with Gasteiger partial charge >= 0.3 is 0 Å². The first-order valence-electron chi connectivity index (χ1n) is 13.2. The Morgan fingerprint density at radius 3 is 1.91 bits per heavy atom. The molecule has 0 heterocycles. The first-order chi connectivity index (χ1) is 16.6. The van der Waals surface area contributed by atoms with Gasteiger partial charge < -0.3 is 5.84 Å². The molecule has 0 spiro atoms. The highest BCUT2D eigenvalue weighted by Crippen LogP contribution is 2.21. The Balaban J connectivity index is 0. The standard InChI is InChI=1S/C17H28N2.C9H12.C7H14/c1-7-9-10-17(8-2)12-11-13(3)14(4)15(5)16(6)19-18;1-3-9-6-4-8(2)5-7-9;1-4-5-6-7(2)3/h7,9-10H,3,8,11-12,18H2,1-2,4-6H3;4-7H,3H2,1-2H3;2,4-6H2,1,3H3/b9-7-,15-14-,17-10+,19-16-;;. The van der Waals surface area contributed by atoms with Crippen molar-refractivity contribution in [2.45, 2.75) is 107 Å². The van der Waals surface area contributed by atoms with Crippen molar-refractivity contribution in [2.24, 2.45) is 10.9 Å². The number of rotatable bonds is 11. The van der Waals surface area contributed by atoms with Gasteiger partial charge in [0.15, 0.2) is 0 Å². The second-order valence-corrected chi connectivity index (χ2v) is 9.17. The SMILES string of the molecule is C=C(C)CCCC.C=C(CC/C(=C/C=C\C)CC)/C(C)=C(C)\C(C)=N/N.CCc1ccc(C)cc1. The molecule has 0 unspecified atom stereocenters. The lowest BCUT2D eigenvalue weighted by Gasteiger charge is -2.11. The molecule has 2 heteroatoms. The maximum absolute atomic E-state index is 5.32. The molecule has 0 radical (unpaired) electrons. The Kier molecular flexibility index (Phi) is 21.6. The van der Waals surface area contributed by atoms with Crippen molar-refractivity contribution in [3.63, 3.8) is 0 Å². The number of unbranched alkanes of at least 4 members (excludes halogenated alkanes) is 1. The van der Waals surface area contributed by atoms with E-state index in [1.807, 2.05) is 20.8 Å². The first-order valence-corrected chi connectivity index (χ1v) is 13.2. The topological polar surface area (TPSA) is 38.4 Å². The molecule has 1 rings (SSSR count). The predicted molar refractivity (Wildman–Crippen MR) is 162 cm³/mol. The normalized spacial score (nSPS) is 12.3. The van der Waals surface area contributed by atoms with Crippen LogP contribution in [0.3, 0.4) is 0 Å². The van der Waals surface area contributed by atoms with E-state index in [-0.39, 0.29) is 0 Å². The van der Waals surface area contributed by atoms with Crippen molar-refractivity contribution in [3.8, 4) is 0 Å². The quantitative estimate of drug-likeness (QED) is 0.111. The van der Waals surface area contributed by atoms with Crippen LogP contribution < -0.4 is 5.84 Å². The molecule has 0 saturated carbocycles. The van der Waals surface area contributed by atoms with E-state index in [1.165, 1.54) is 52.7 Å². The van der Waals surface area contributed by atoms with Crippen molar-refractivity contribution in [3.05, 3.63) is 94.6 Å². The van der Waals surface area contributed by atoms with Crippen LogP contribution in [0.4, 0.5) is 0 Å². The molecule has 0 saturated heterocycles. The van der Waals surface area contributed by atoms with Gasteiger partial charge in [0.2, 0.25) is 0 Å². The maximum atomic E-state index is 5.32. The molecule has 0 aromatic heterocycles. The summed E-state index contributed by atoms with van der Waals surface area (Å²) in [5.74, 6) is 5.32. The highest BCUT2D eigenvalue weighted by atomic mass is 15.1. The van der Waals surface area contributed by atoms with E-state index in [9.17, 15) is 0 Å². The van der Waals surface area contributed by atoms with Crippen molar-refractivity contribution in [2.75, 3.05) is 0 Å². The Morgan fingerprint density at radius 2 is 1.51 bits per heavy atom. The molecular formula is C33H54N2. The minimum absolute atomic E-state index is 0.874. The lowest BCUT2D eigenvalue weighted by Crippen LogP contribution is -2.02. The van der Waals surface area contributed by atoms with Crippen LogP contribution in [0, 0.1) is 6.92 Å². The zero-order valence-corrected chi connectivity index (χ0v) is 24.4. The third-order valence-electron chi connectivity index (χ3n) is 6.04. The molecule has 196 valence electrons. The average molecular weight is 479 g/mol. The highest BCUT2D eigenvalue weighted by molar-refractivity contribution is 5.98. The summed E-state index contributed by atoms with van der Waals surface area (Å²) in [6.07, 6.45) is 14.4. The second kappa shape index (κ2) is 21.9. The van der Waals surface area contributed by atoms with Crippen LogP contribution in [-0.2, 0) is 6.42 Å². The molecule has 1 aromatic carbocycles. The number of hydrazone groups is 1. The molecule has 0 aliphatic heterocycles. The summed E-state index contributed by atoms with van der Waals surface area (Å²) < 4.78 is 0. The van der Waals surface area contributed by atoms with E-state index in [4.69, 9.17) is 5.84 Å². The largest absolute Gasteiger partial charge is 0.323 e. The monoisotopic (exact) mass is 478 g/mol. The fourth-order valence-corrected chi connectivity index (χ4v) is 3.04. The summed E-state index contributed by atoms with van der Waals surface area (Å²) in [5, 5.41) is 3.74. The van der Waals surface area contributed by atoms with Crippen LogP contribution >= 0.6 is 0 Å². The van der Waals surface area contributed by atoms with Crippen LogP contribution in [0.25, 0.3) is 0 Å². The molecule has 0 aliphatic rings. The Bertz CT molecular complexity index is 846. The molecular weight excluding hydrogens is 424 g/mol. The van der Waals surface area contributed by atoms with Crippen LogP contribution in [0.5, 0.6) is 0 Å². The van der Waals surface area contributed by atoms with Crippen molar-refractivity contribution < 1.29 is 0 Å². The first kappa shape index (κ1) is 34.6. The molecule has 0 aliphatic carbocycles. The van der Waals surface area contributed by atoms with Gasteiger partial charge in [-0.3, -0.25) is 0 Å². The Hall–Kier alpha value is -2.61. The van der Waals surface area contributed by atoms with E-state index >= 15 is 0 Å². The number of aryl methyl sites for hydroxylation is 2. The summed E-state index contributed by atoms with van der Waals surface area (Å²) >= 11 is 0. The predicted octanol–water partition coefficient (Wildman–Crippen LogP) is 10.2. The maximum Gasteiger partial charge on any atom is 0.0601 e. The fraction of sp³-hybridized carbons (Fsp3) is 0.485. The molecule has 2 nitrogen and oxygen atoms in total. The van der Waals surface area contributed by atoms with E-state index in [0.29, 0.717) is 0 Å². The summed E-state index contributed by atoms with van der Waals surface area (Å²) in [6, 6.07) is 8.66. The lowest BCUT2D eigenvalue weighted by molar-refractivity contribution is 0.789. The summed E-state index contributed by atoms with van der Waals surface area (Å²) in [6.45, 7) is 26.8. The van der Waals surface area contributed by atoms with Gasteiger partial charge in [0, 0.05) is 0 Å². The number of nitrogens with zero attached hydrogens (tertiary/aromatic N) is 1. The van der Waals surface area contributed by atoms with E-state index in [1.54, 1.807) is 0 Å². The van der Waals surface area contributed by atoms with Gasteiger partial charge in [0.1, 0.15) is 0 Å². The zero-order chi connectivity index (χ0) is 27.2. The third kappa shape index (κ3) is 18.4. The van der Waals surface area contributed by atoms with Crippen LogP contribution in [0.1, 0.15) is 105 Å². The highest BCUT2D eigenvalue weighted by Gasteiger charge is 2.05. The number of hydrogen-bond donors (Lipinski definition) is 1. The number of allylic oxidation sites excluding steroid dienone is 8. The Morgan fingerprint density at radius 1 is 0.914 bits per heavy atom. The second-order valence-electron chi connectivity index (χ2n) is 9.17. The van der Waals surface area contributed by atoms with Crippen LogP contribution in [-0.4, -0.2) is 5.71 Å². The summed E-state index contributed by atoms with van der Waals surface area (Å²) in [4.78, 5) is 0. The molecule has 0 atom stereocenters. The fourth-order valence-electron chi connectivity index (χ4n) is 3.04. The van der Waals surface area contributed by atoms with Gasteiger partial charge in [-0.2, -0.15) is 5.10 Å². The average Bonchev–Trinajstić information content (AvgIpc) is 2.87. The van der Waals surface area contributed by atoms with Crippen LogP contribution in [0.2, 0.25) is 0 Å². The van der Waals surface area contributed by atoms with Gasteiger partial charge in [0.05, 0.1) is 5.71 Å². The summed E-state index contributed by atoms with van der Waals surface area (Å²) in [7, 11) is 0.